The largest absolute Gasteiger partial charge is 0.504 e. The van der Waals surface area contributed by atoms with E-state index in [9.17, 15) is 10.4 Å². The van der Waals surface area contributed by atoms with Crippen LogP contribution in [0.2, 0.25) is 0 Å². The zero-order chi connectivity index (χ0) is 13.7. The molecule has 0 fully saturated rings. The van der Waals surface area contributed by atoms with Crippen LogP contribution in [0.15, 0.2) is 42.7 Å². The molecule has 0 radical (unpaired) electrons. The van der Waals surface area contributed by atoms with Crippen LogP contribution >= 0.6 is 0 Å². The number of nitriles is 1. The molecule has 0 aliphatic rings. The van der Waals surface area contributed by atoms with Gasteiger partial charge in [0.15, 0.2) is 11.5 Å². The number of aromatic hydroxyl groups is 1. The lowest BCUT2D eigenvalue weighted by Crippen LogP contribution is -1.85. The second-order valence-electron chi connectivity index (χ2n) is 3.84. The second kappa shape index (κ2) is 5.69. The van der Waals surface area contributed by atoms with Crippen molar-refractivity contribution in [3.63, 3.8) is 0 Å². The van der Waals surface area contributed by atoms with Crippen molar-refractivity contribution in [1.29, 1.82) is 5.26 Å². The van der Waals surface area contributed by atoms with Crippen LogP contribution in [0.5, 0.6) is 11.5 Å². The third-order valence-corrected chi connectivity index (χ3v) is 2.61. The molecule has 1 aromatic carbocycles. The maximum absolute atomic E-state index is 9.70. The molecular formula is C15H12N2O2. The molecule has 0 aliphatic carbocycles. The molecule has 1 N–H and O–H groups in total. The lowest BCUT2D eigenvalue weighted by Gasteiger charge is -2.04. The number of rotatable bonds is 3. The van der Waals surface area contributed by atoms with E-state index in [1.807, 2.05) is 6.07 Å². The molecule has 2 rings (SSSR count). The Kier molecular flexibility index (Phi) is 3.79. The quantitative estimate of drug-likeness (QED) is 0.853. The second-order valence-corrected chi connectivity index (χ2v) is 3.84. The van der Waals surface area contributed by atoms with Gasteiger partial charge in [0.1, 0.15) is 0 Å². The van der Waals surface area contributed by atoms with Gasteiger partial charge in [-0.15, -0.1) is 0 Å². The van der Waals surface area contributed by atoms with Crippen LogP contribution in [0.1, 0.15) is 11.1 Å². The van der Waals surface area contributed by atoms with E-state index in [2.05, 4.69) is 11.1 Å². The minimum Gasteiger partial charge on any atom is -0.504 e. The standard InChI is InChI=1S/C15H12N2O2/c1-19-15-5-4-11(8-14(15)18)7-13(9-16)12-3-2-6-17-10-12/h2-8,10,18H,1H3/b13-7-. The molecule has 2 aromatic rings. The molecule has 0 bridgehead atoms. The van der Waals surface area contributed by atoms with Crippen molar-refractivity contribution in [3.05, 3.63) is 53.9 Å². The zero-order valence-corrected chi connectivity index (χ0v) is 10.4. The van der Waals surface area contributed by atoms with E-state index in [1.165, 1.54) is 7.11 Å². The Labute approximate surface area is 111 Å². The number of phenolic OH excluding ortho intramolecular Hbond substituents is 1. The lowest BCUT2D eigenvalue weighted by atomic mass is 10.1. The van der Waals surface area contributed by atoms with E-state index in [0.717, 1.165) is 11.1 Å². The molecule has 0 amide bonds. The Morgan fingerprint density at radius 3 is 2.84 bits per heavy atom. The lowest BCUT2D eigenvalue weighted by molar-refractivity contribution is 0.373. The Hall–Kier alpha value is -2.80. The number of allylic oxidation sites excluding steroid dienone is 1. The molecule has 0 saturated carbocycles. The zero-order valence-electron chi connectivity index (χ0n) is 10.4. The Balaban J connectivity index is 2.39. The molecule has 0 saturated heterocycles. The smallest absolute Gasteiger partial charge is 0.160 e. The summed E-state index contributed by atoms with van der Waals surface area (Å²) in [5, 5.41) is 18.9. The highest BCUT2D eigenvalue weighted by molar-refractivity contribution is 5.89. The van der Waals surface area contributed by atoms with Gasteiger partial charge >= 0.3 is 0 Å². The van der Waals surface area contributed by atoms with Crippen LogP contribution in [0.3, 0.4) is 0 Å². The number of methoxy groups -OCH3 is 1. The normalized spacial score (nSPS) is 10.8. The maximum atomic E-state index is 9.70. The Bertz CT molecular complexity index is 643. The fourth-order valence-corrected chi connectivity index (χ4v) is 1.67. The molecule has 0 spiro atoms. The average molecular weight is 252 g/mol. The van der Waals surface area contributed by atoms with Crippen LogP contribution in [0, 0.1) is 11.3 Å². The summed E-state index contributed by atoms with van der Waals surface area (Å²) in [6, 6.07) is 10.7. The summed E-state index contributed by atoms with van der Waals surface area (Å²) in [6.45, 7) is 0. The highest BCUT2D eigenvalue weighted by atomic mass is 16.5. The minimum absolute atomic E-state index is 0.0414. The molecule has 1 aromatic heterocycles. The number of ether oxygens (including phenoxy) is 1. The van der Waals surface area contributed by atoms with Crippen LogP contribution in [-0.4, -0.2) is 17.2 Å². The molecule has 1 heterocycles. The predicted molar refractivity (Wildman–Crippen MR) is 72.4 cm³/mol. The number of hydrogen-bond donors (Lipinski definition) is 1. The molecule has 0 atom stereocenters. The van der Waals surface area contributed by atoms with Crippen molar-refractivity contribution >= 4 is 11.6 Å². The van der Waals surface area contributed by atoms with E-state index >= 15 is 0 Å². The molecular weight excluding hydrogens is 240 g/mol. The first-order valence-electron chi connectivity index (χ1n) is 5.64. The molecule has 19 heavy (non-hydrogen) atoms. The number of nitrogens with zero attached hydrogens (tertiary/aromatic N) is 2. The molecule has 4 heteroatoms. The van der Waals surface area contributed by atoms with E-state index in [4.69, 9.17) is 4.74 Å². The van der Waals surface area contributed by atoms with Gasteiger partial charge in [0.25, 0.3) is 0 Å². The van der Waals surface area contributed by atoms with Crippen LogP contribution < -0.4 is 4.74 Å². The van der Waals surface area contributed by atoms with Crippen molar-refractivity contribution in [3.8, 4) is 17.6 Å². The predicted octanol–water partition coefficient (Wildman–Crippen LogP) is 2.86. The number of aromatic nitrogens is 1. The van der Waals surface area contributed by atoms with Gasteiger partial charge in [0.2, 0.25) is 0 Å². The topological polar surface area (TPSA) is 66.1 Å². The highest BCUT2D eigenvalue weighted by Crippen LogP contribution is 2.28. The van der Waals surface area contributed by atoms with Gasteiger partial charge in [-0.2, -0.15) is 5.26 Å². The van der Waals surface area contributed by atoms with E-state index in [-0.39, 0.29) is 5.75 Å². The number of hydrogen-bond acceptors (Lipinski definition) is 4. The summed E-state index contributed by atoms with van der Waals surface area (Å²) < 4.78 is 4.97. The number of pyridine rings is 1. The van der Waals surface area contributed by atoms with Crippen LogP contribution in [0.4, 0.5) is 0 Å². The third kappa shape index (κ3) is 2.90. The first-order chi connectivity index (χ1) is 9.24. The first-order valence-corrected chi connectivity index (χ1v) is 5.64. The van der Waals surface area contributed by atoms with Crippen molar-refractivity contribution < 1.29 is 9.84 Å². The van der Waals surface area contributed by atoms with Gasteiger partial charge in [-0.3, -0.25) is 4.98 Å². The number of benzene rings is 1. The minimum atomic E-state index is 0.0414. The molecule has 0 unspecified atom stereocenters. The maximum Gasteiger partial charge on any atom is 0.160 e. The van der Waals surface area contributed by atoms with Crippen LogP contribution in [0.25, 0.3) is 11.6 Å². The SMILES string of the molecule is COc1ccc(/C=C(/C#N)c2cccnc2)cc1O. The summed E-state index contributed by atoms with van der Waals surface area (Å²) in [7, 11) is 1.49. The summed E-state index contributed by atoms with van der Waals surface area (Å²) >= 11 is 0. The first kappa shape index (κ1) is 12.7. The van der Waals surface area contributed by atoms with E-state index < -0.39 is 0 Å². The summed E-state index contributed by atoms with van der Waals surface area (Å²) in [4.78, 5) is 3.98. The number of phenols is 1. The van der Waals surface area contributed by atoms with Gasteiger partial charge in [0.05, 0.1) is 18.8 Å². The van der Waals surface area contributed by atoms with E-state index in [1.54, 1.807) is 42.7 Å². The summed E-state index contributed by atoms with van der Waals surface area (Å²) in [5.74, 6) is 0.441. The van der Waals surface area contributed by atoms with Crippen molar-refractivity contribution in [1.82, 2.24) is 4.98 Å². The third-order valence-electron chi connectivity index (χ3n) is 2.61. The molecule has 94 valence electrons. The fourth-order valence-electron chi connectivity index (χ4n) is 1.67. The van der Waals surface area contributed by atoms with Gasteiger partial charge in [-0.05, 0) is 29.8 Å². The van der Waals surface area contributed by atoms with E-state index in [0.29, 0.717) is 11.3 Å². The Morgan fingerprint density at radius 2 is 2.26 bits per heavy atom. The Morgan fingerprint density at radius 1 is 1.42 bits per heavy atom. The van der Waals surface area contributed by atoms with Gasteiger partial charge in [0, 0.05) is 18.0 Å². The van der Waals surface area contributed by atoms with Gasteiger partial charge in [-0.25, -0.2) is 0 Å². The van der Waals surface area contributed by atoms with Crippen molar-refractivity contribution in [2.45, 2.75) is 0 Å². The fraction of sp³-hybridized carbons (Fsp3) is 0.0667. The average Bonchev–Trinajstić information content (AvgIpc) is 2.46. The summed E-state index contributed by atoms with van der Waals surface area (Å²) in [6.07, 6.45) is 4.96. The summed E-state index contributed by atoms with van der Waals surface area (Å²) in [5.41, 5.74) is 1.94. The highest BCUT2D eigenvalue weighted by Gasteiger charge is 2.04. The van der Waals surface area contributed by atoms with Crippen molar-refractivity contribution in [2.24, 2.45) is 0 Å². The molecule has 4 nitrogen and oxygen atoms in total. The molecule has 0 aliphatic heterocycles. The van der Waals surface area contributed by atoms with Crippen molar-refractivity contribution in [2.75, 3.05) is 7.11 Å². The monoisotopic (exact) mass is 252 g/mol. The van der Waals surface area contributed by atoms with Gasteiger partial charge < -0.3 is 9.84 Å². The van der Waals surface area contributed by atoms with Crippen LogP contribution in [-0.2, 0) is 0 Å². The van der Waals surface area contributed by atoms with Gasteiger partial charge in [-0.1, -0.05) is 12.1 Å².